The molecule has 0 radical (unpaired) electrons. The van der Waals surface area contributed by atoms with E-state index in [1.165, 1.54) is 17.1 Å². The van der Waals surface area contributed by atoms with Gasteiger partial charge in [-0.05, 0) is 29.8 Å². The predicted octanol–water partition coefficient (Wildman–Crippen LogP) is 4.06. The number of benzene rings is 3. The van der Waals surface area contributed by atoms with Crippen molar-refractivity contribution in [2.24, 2.45) is 0 Å². The molecule has 2 amide bonds. The summed E-state index contributed by atoms with van der Waals surface area (Å²) in [6.07, 6.45) is 3.49. The first kappa shape index (κ1) is 20.2. The number of anilines is 1. The number of amides is 2. The van der Waals surface area contributed by atoms with Crippen LogP contribution in [0.15, 0.2) is 90.6 Å². The van der Waals surface area contributed by atoms with Gasteiger partial charge in [-0.3, -0.25) is 25.1 Å². The van der Waals surface area contributed by atoms with Gasteiger partial charge in [0.1, 0.15) is 5.57 Å². The zero-order valence-electron chi connectivity index (χ0n) is 17.3. The number of nitrogens with zero attached hydrogens (tertiary/aromatic N) is 3. The highest BCUT2D eigenvalue weighted by Crippen LogP contribution is 2.27. The van der Waals surface area contributed by atoms with Crippen molar-refractivity contribution in [1.29, 1.82) is 0 Å². The van der Waals surface area contributed by atoms with E-state index in [9.17, 15) is 19.7 Å². The lowest BCUT2D eigenvalue weighted by Crippen LogP contribution is -2.35. The molecule has 0 unspecified atom stereocenters. The minimum absolute atomic E-state index is 0.0373. The fraction of sp³-hybridized carbons (Fsp3) is 0.0400. The lowest BCUT2D eigenvalue weighted by molar-refractivity contribution is -0.384. The molecule has 8 heteroatoms. The summed E-state index contributed by atoms with van der Waals surface area (Å²) in [6, 6.07) is 23.0. The second kappa shape index (κ2) is 8.08. The summed E-state index contributed by atoms with van der Waals surface area (Å²) < 4.78 is 2.00. The van der Waals surface area contributed by atoms with Crippen molar-refractivity contribution in [1.82, 2.24) is 9.99 Å². The standard InChI is InChI=1S/C25H18N4O4/c30-24-22(25(31)28(26-24)19-6-2-1-3-7-19)14-18-16-27(23-9-5-4-8-21(18)23)15-17-10-12-20(13-11-17)29(32)33/h1-14,16H,15H2,(H,26,30)/b22-14-. The maximum absolute atomic E-state index is 13.0. The average Bonchev–Trinajstić information content (AvgIpc) is 3.32. The highest BCUT2D eigenvalue weighted by Gasteiger charge is 2.34. The molecular weight excluding hydrogens is 420 g/mol. The molecule has 0 aliphatic carbocycles. The molecule has 1 N–H and O–H groups in total. The van der Waals surface area contributed by atoms with Gasteiger partial charge in [-0.15, -0.1) is 0 Å². The lowest BCUT2D eigenvalue weighted by Gasteiger charge is -2.13. The molecule has 8 nitrogen and oxygen atoms in total. The average molecular weight is 438 g/mol. The molecule has 1 aliphatic heterocycles. The number of rotatable bonds is 5. The Kier molecular flexibility index (Phi) is 4.95. The summed E-state index contributed by atoms with van der Waals surface area (Å²) in [4.78, 5) is 36.0. The van der Waals surface area contributed by atoms with Crippen molar-refractivity contribution in [3.63, 3.8) is 0 Å². The quantitative estimate of drug-likeness (QED) is 0.220. The van der Waals surface area contributed by atoms with E-state index in [1.807, 2.05) is 41.1 Å². The van der Waals surface area contributed by atoms with Crippen molar-refractivity contribution in [2.75, 3.05) is 5.01 Å². The molecule has 1 aliphatic rings. The lowest BCUT2D eigenvalue weighted by atomic mass is 10.1. The molecule has 3 aromatic carbocycles. The first-order chi connectivity index (χ1) is 16.0. The minimum Gasteiger partial charge on any atom is -0.342 e. The van der Waals surface area contributed by atoms with Gasteiger partial charge in [-0.2, -0.15) is 0 Å². The molecule has 162 valence electrons. The molecule has 1 aromatic heterocycles. The van der Waals surface area contributed by atoms with Crippen molar-refractivity contribution in [3.05, 3.63) is 112 Å². The van der Waals surface area contributed by atoms with E-state index in [0.717, 1.165) is 22.0 Å². The Hall–Kier alpha value is -4.72. The Morgan fingerprint density at radius 3 is 2.33 bits per heavy atom. The fourth-order valence-corrected chi connectivity index (χ4v) is 3.91. The first-order valence-corrected chi connectivity index (χ1v) is 10.2. The fourth-order valence-electron chi connectivity index (χ4n) is 3.91. The monoisotopic (exact) mass is 438 g/mol. The van der Waals surface area contributed by atoms with Crippen molar-refractivity contribution < 1.29 is 14.5 Å². The maximum atomic E-state index is 13.0. The van der Waals surface area contributed by atoms with Crippen LogP contribution in [0.5, 0.6) is 0 Å². The number of nitro groups is 1. The Balaban J connectivity index is 1.50. The number of hydrogen-bond donors (Lipinski definition) is 1. The number of nitro benzene ring substituents is 1. The van der Waals surface area contributed by atoms with E-state index in [1.54, 1.807) is 42.5 Å². The molecule has 0 bridgehead atoms. The SMILES string of the molecule is O=C1NN(c2ccccc2)C(=O)/C1=C\c1cn(Cc2ccc([N+](=O)[O-])cc2)c2ccccc12. The second-order valence-electron chi connectivity index (χ2n) is 7.63. The van der Waals surface area contributed by atoms with Gasteiger partial charge >= 0.3 is 0 Å². The number of hydrogen-bond acceptors (Lipinski definition) is 4. The van der Waals surface area contributed by atoms with Gasteiger partial charge in [-0.25, -0.2) is 5.01 Å². The number of carbonyl (C=O) groups is 2. The van der Waals surface area contributed by atoms with Crippen molar-refractivity contribution >= 4 is 40.2 Å². The largest absolute Gasteiger partial charge is 0.342 e. The summed E-state index contributed by atoms with van der Waals surface area (Å²) in [5.74, 6) is -0.880. The molecule has 1 saturated heterocycles. The van der Waals surface area contributed by atoms with E-state index >= 15 is 0 Å². The molecule has 0 spiro atoms. The zero-order chi connectivity index (χ0) is 22.9. The highest BCUT2D eigenvalue weighted by atomic mass is 16.6. The smallest absolute Gasteiger partial charge is 0.282 e. The number of nitrogens with one attached hydrogen (secondary N) is 1. The number of para-hydroxylation sites is 2. The van der Waals surface area contributed by atoms with Gasteiger partial charge in [0.05, 0.1) is 10.6 Å². The zero-order valence-corrected chi connectivity index (χ0v) is 17.3. The van der Waals surface area contributed by atoms with Gasteiger partial charge in [-0.1, -0.05) is 48.5 Å². The van der Waals surface area contributed by atoms with E-state index in [4.69, 9.17) is 0 Å². The Morgan fingerprint density at radius 2 is 1.61 bits per heavy atom. The van der Waals surface area contributed by atoms with Gasteiger partial charge in [0.25, 0.3) is 17.5 Å². The second-order valence-corrected chi connectivity index (χ2v) is 7.63. The number of aromatic nitrogens is 1. The summed E-state index contributed by atoms with van der Waals surface area (Å²) >= 11 is 0. The number of non-ortho nitro benzene ring substituents is 1. The van der Waals surface area contributed by atoms with Crippen LogP contribution in [0.3, 0.4) is 0 Å². The van der Waals surface area contributed by atoms with Crippen LogP contribution in [0, 0.1) is 10.1 Å². The molecular formula is C25H18N4O4. The van der Waals surface area contributed by atoms with Crippen LogP contribution >= 0.6 is 0 Å². The Labute approximate surface area is 188 Å². The molecule has 1 fully saturated rings. The van der Waals surface area contributed by atoms with Crippen LogP contribution in [0.4, 0.5) is 11.4 Å². The van der Waals surface area contributed by atoms with E-state index in [0.29, 0.717) is 12.2 Å². The number of fused-ring (bicyclic) bond motifs is 1. The van der Waals surface area contributed by atoms with Crippen molar-refractivity contribution in [3.8, 4) is 0 Å². The van der Waals surface area contributed by atoms with Crippen LogP contribution in [-0.4, -0.2) is 21.3 Å². The third kappa shape index (κ3) is 3.74. The van der Waals surface area contributed by atoms with E-state index in [2.05, 4.69) is 5.43 Å². The third-order valence-electron chi connectivity index (χ3n) is 5.53. The van der Waals surface area contributed by atoms with Crippen LogP contribution < -0.4 is 10.4 Å². The molecule has 2 heterocycles. The molecule has 4 aromatic rings. The number of carbonyl (C=O) groups excluding carboxylic acids is 2. The van der Waals surface area contributed by atoms with E-state index < -0.39 is 16.7 Å². The first-order valence-electron chi connectivity index (χ1n) is 10.2. The highest BCUT2D eigenvalue weighted by molar-refractivity contribution is 6.32. The predicted molar refractivity (Wildman–Crippen MR) is 124 cm³/mol. The van der Waals surface area contributed by atoms with Crippen molar-refractivity contribution in [2.45, 2.75) is 6.54 Å². The number of hydrazine groups is 1. The normalized spacial score (nSPS) is 14.8. The Bertz CT molecular complexity index is 1420. The topological polar surface area (TPSA) is 97.5 Å². The van der Waals surface area contributed by atoms with Gasteiger partial charge in [0, 0.05) is 41.3 Å². The molecule has 0 saturated carbocycles. The van der Waals surface area contributed by atoms with Gasteiger partial charge in [0.2, 0.25) is 0 Å². The van der Waals surface area contributed by atoms with Crippen LogP contribution in [0.2, 0.25) is 0 Å². The van der Waals surface area contributed by atoms with E-state index in [-0.39, 0.29) is 11.3 Å². The summed E-state index contributed by atoms with van der Waals surface area (Å²) in [5.41, 5.74) is 5.84. The maximum Gasteiger partial charge on any atom is 0.282 e. The van der Waals surface area contributed by atoms with Gasteiger partial charge < -0.3 is 4.57 Å². The van der Waals surface area contributed by atoms with Gasteiger partial charge in [0.15, 0.2) is 0 Å². The molecule has 33 heavy (non-hydrogen) atoms. The van der Waals surface area contributed by atoms with Crippen LogP contribution in [0.1, 0.15) is 11.1 Å². The summed E-state index contributed by atoms with van der Waals surface area (Å²) in [6.45, 7) is 0.484. The Morgan fingerprint density at radius 1 is 0.909 bits per heavy atom. The molecule has 0 atom stereocenters. The summed E-state index contributed by atoms with van der Waals surface area (Å²) in [5, 5.41) is 13.0. The summed E-state index contributed by atoms with van der Waals surface area (Å²) in [7, 11) is 0. The van der Waals surface area contributed by atoms with Crippen LogP contribution in [0.25, 0.3) is 17.0 Å². The molecule has 5 rings (SSSR count). The third-order valence-corrected chi connectivity index (χ3v) is 5.53. The minimum atomic E-state index is -0.462. The van der Waals surface area contributed by atoms with Crippen LogP contribution in [-0.2, 0) is 16.1 Å².